The molecule has 0 aliphatic heterocycles. The molecule has 78 valence electrons. The Hall–Kier alpha value is -0.990. The van der Waals surface area contributed by atoms with Crippen molar-refractivity contribution in [1.29, 1.82) is 0 Å². The van der Waals surface area contributed by atoms with Crippen LogP contribution in [0.15, 0.2) is 11.8 Å². The van der Waals surface area contributed by atoms with E-state index in [0.717, 1.165) is 25.0 Å². The van der Waals surface area contributed by atoms with Gasteiger partial charge in [-0.05, 0) is 38.2 Å². The molecule has 0 heterocycles. The van der Waals surface area contributed by atoms with E-state index in [1.807, 2.05) is 6.92 Å². The first kappa shape index (κ1) is 9.56. The predicted molar refractivity (Wildman–Crippen MR) is 51.5 cm³/mol. The zero-order valence-corrected chi connectivity index (χ0v) is 8.71. The Bertz CT molecular complexity index is 282. The normalized spacial score (nSPS) is 34.1. The van der Waals surface area contributed by atoms with E-state index in [0.29, 0.717) is 12.5 Å². The van der Waals surface area contributed by atoms with Crippen LogP contribution in [-0.2, 0) is 14.3 Å². The van der Waals surface area contributed by atoms with Gasteiger partial charge in [0, 0.05) is 0 Å². The molecule has 2 atom stereocenters. The van der Waals surface area contributed by atoms with Gasteiger partial charge < -0.3 is 9.47 Å². The first-order valence-corrected chi connectivity index (χ1v) is 5.16. The van der Waals surface area contributed by atoms with Crippen LogP contribution in [0.4, 0.5) is 0 Å². The predicted octanol–water partition coefficient (Wildman–Crippen LogP) is 1.88. The second-order valence-corrected chi connectivity index (χ2v) is 4.04. The number of carbonyl (C=O) groups is 1. The molecule has 2 bridgehead atoms. The van der Waals surface area contributed by atoms with Gasteiger partial charge in [0.2, 0.25) is 0 Å². The van der Waals surface area contributed by atoms with Crippen molar-refractivity contribution in [2.24, 2.45) is 11.3 Å². The van der Waals surface area contributed by atoms with E-state index in [2.05, 4.69) is 6.08 Å². The van der Waals surface area contributed by atoms with Crippen molar-refractivity contribution in [1.82, 2.24) is 0 Å². The highest BCUT2D eigenvalue weighted by Gasteiger charge is 2.54. The summed E-state index contributed by atoms with van der Waals surface area (Å²) in [6.07, 6.45) is 4.96. The molecule has 14 heavy (non-hydrogen) atoms. The highest BCUT2D eigenvalue weighted by molar-refractivity contribution is 5.81. The van der Waals surface area contributed by atoms with E-state index in [1.54, 1.807) is 0 Å². The Balaban J connectivity index is 2.25. The molecule has 2 rings (SSSR count). The van der Waals surface area contributed by atoms with Crippen LogP contribution in [0.1, 0.15) is 26.2 Å². The molecule has 2 unspecified atom stereocenters. The highest BCUT2D eigenvalue weighted by atomic mass is 16.5. The Morgan fingerprint density at radius 3 is 3.07 bits per heavy atom. The van der Waals surface area contributed by atoms with Gasteiger partial charge in [0.25, 0.3) is 0 Å². The van der Waals surface area contributed by atoms with Gasteiger partial charge in [0.1, 0.15) is 11.2 Å². The van der Waals surface area contributed by atoms with E-state index in [4.69, 9.17) is 9.47 Å². The summed E-state index contributed by atoms with van der Waals surface area (Å²) in [6, 6.07) is 0. The Morgan fingerprint density at radius 2 is 2.50 bits per heavy atom. The molecule has 0 aromatic carbocycles. The number of methoxy groups -OCH3 is 1. The van der Waals surface area contributed by atoms with Crippen LogP contribution in [-0.4, -0.2) is 19.7 Å². The van der Waals surface area contributed by atoms with E-state index in [1.165, 1.54) is 7.11 Å². The molecule has 0 N–H and O–H groups in total. The third-order valence-electron chi connectivity index (χ3n) is 3.29. The number of esters is 1. The summed E-state index contributed by atoms with van der Waals surface area (Å²) in [5.41, 5.74) is -0.435. The smallest absolute Gasteiger partial charge is 0.319 e. The minimum Gasteiger partial charge on any atom is -0.497 e. The van der Waals surface area contributed by atoms with Crippen molar-refractivity contribution in [3.8, 4) is 0 Å². The second-order valence-electron chi connectivity index (χ2n) is 4.04. The summed E-state index contributed by atoms with van der Waals surface area (Å²) in [7, 11) is 1.45. The molecule has 1 saturated carbocycles. The summed E-state index contributed by atoms with van der Waals surface area (Å²) in [5.74, 6) is 1.25. The van der Waals surface area contributed by atoms with E-state index >= 15 is 0 Å². The lowest BCUT2D eigenvalue weighted by Crippen LogP contribution is -2.31. The molecule has 2 aliphatic carbocycles. The lowest BCUT2D eigenvalue weighted by Gasteiger charge is -2.26. The van der Waals surface area contributed by atoms with Gasteiger partial charge in [-0.3, -0.25) is 4.79 Å². The fourth-order valence-electron chi connectivity index (χ4n) is 2.65. The quantitative estimate of drug-likeness (QED) is 0.646. The molecular formula is C11H16O3. The van der Waals surface area contributed by atoms with Gasteiger partial charge in [-0.2, -0.15) is 0 Å². The Morgan fingerprint density at radius 1 is 1.71 bits per heavy atom. The van der Waals surface area contributed by atoms with Crippen LogP contribution in [0.2, 0.25) is 0 Å². The van der Waals surface area contributed by atoms with Crippen LogP contribution in [0.25, 0.3) is 0 Å². The fourth-order valence-corrected chi connectivity index (χ4v) is 2.65. The lowest BCUT2D eigenvalue weighted by atomic mass is 9.86. The summed E-state index contributed by atoms with van der Waals surface area (Å²) in [5, 5.41) is 0. The van der Waals surface area contributed by atoms with Gasteiger partial charge >= 0.3 is 5.97 Å². The van der Waals surface area contributed by atoms with Gasteiger partial charge in [0.05, 0.1) is 13.7 Å². The van der Waals surface area contributed by atoms with E-state index in [9.17, 15) is 4.79 Å². The number of allylic oxidation sites excluding steroid dienone is 1. The van der Waals surface area contributed by atoms with Crippen LogP contribution >= 0.6 is 0 Å². The second kappa shape index (κ2) is 3.30. The largest absolute Gasteiger partial charge is 0.497 e. The van der Waals surface area contributed by atoms with Crippen LogP contribution in [0.5, 0.6) is 0 Å². The van der Waals surface area contributed by atoms with Gasteiger partial charge in [-0.25, -0.2) is 0 Å². The molecule has 0 aromatic rings. The van der Waals surface area contributed by atoms with Crippen LogP contribution in [0, 0.1) is 11.3 Å². The third kappa shape index (κ3) is 1.15. The minimum atomic E-state index is -0.435. The zero-order valence-electron chi connectivity index (χ0n) is 8.71. The third-order valence-corrected chi connectivity index (χ3v) is 3.29. The first-order chi connectivity index (χ1) is 6.73. The van der Waals surface area contributed by atoms with Crippen LogP contribution in [0.3, 0.4) is 0 Å². The molecule has 0 saturated heterocycles. The SMILES string of the molecule is CCOC1=CC2CCC1(C(=O)OC)C2. The van der Waals surface area contributed by atoms with Crippen LogP contribution < -0.4 is 0 Å². The molecule has 2 aliphatic rings. The average Bonchev–Trinajstić information content (AvgIpc) is 2.75. The number of hydrogen-bond donors (Lipinski definition) is 0. The van der Waals surface area contributed by atoms with Gasteiger partial charge in [-0.15, -0.1) is 0 Å². The number of ether oxygens (including phenoxy) is 2. The monoisotopic (exact) mass is 196 g/mol. The fraction of sp³-hybridized carbons (Fsp3) is 0.727. The maximum Gasteiger partial charge on any atom is 0.319 e. The molecule has 0 aromatic heterocycles. The number of carbonyl (C=O) groups excluding carboxylic acids is 1. The topological polar surface area (TPSA) is 35.5 Å². The standard InChI is InChI=1S/C11H16O3/c1-3-14-9-6-8-4-5-11(9,7-8)10(12)13-2/h6,8H,3-5,7H2,1-2H3. The molecule has 3 nitrogen and oxygen atoms in total. The lowest BCUT2D eigenvalue weighted by molar-refractivity contribution is -0.152. The van der Waals surface area contributed by atoms with Gasteiger partial charge in [0.15, 0.2) is 0 Å². The van der Waals surface area contributed by atoms with Crippen molar-refractivity contribution in [2.45, 2.75) is 26.2 Å². The summed E-state index contributed by atoms with van der Waals surface area (Å²) < 4.78 is 10.4. The summed E-state index contributed by atoms with van der Waals surface area (Å²) in [4.78, 5) is 11.7. The Labute approximate surface area is 84.1 Å². The molecule has 0 radical (unpaired) electrons. The van der Waals surface area contributed by atoms with Crippen molar-refractivity contribution < 1.29 is 14.3 Å². The highest BCUT2D eigenvalue weighted by Crippen LogP contribution is 2.54. The molecule has 3 heteroatoms. The van der Waals surface area contributed by atoms with E-state index in [-0.39, 0.29) is 5.97 Å². The van der Waals surface area contributed by atoms with Crippen molar-refractivity contribution >= 4 is 5.97 Å². The van der Waals surface area contributed by atoms with Crippen molar-refractivity contribution in [2.75, 3.05) is 13.7 Å². The number of hydrogen-bond acceptors (Lipinski definition) is 3. The molecular weight excluding hydrogens is 180 g/mol. The minimum absolute atomic E-state index is 0.128. The summed E-state index contributed by atoms with van der Waals surface area (Å²) in [6.45, 7) is 2.56. The Kier molecular flexibility index (Phi) is 2.25. The molecule has 0 spiro atoms. The van der Waals surface area contributed by atoms with Crippen molar-refractivity contribution in [3.63, 3.8) is 0 Å². The molecule has 0 amide bonds. The zero-order chi connectivity index (χ0) is 10.2. The average molecular weight is 196 g/mol. The number of fused-ring (bicyclic) bond motifs is 2. The molecule has 1 fully saturated rings. The number of rotatable bonds is 3. The summed E-state index contributed by atoms with van der Waals surface area (Å²) >= 11 is 0. The maximum atomic E-state index is 11.7. The first-order valence-electron chi connectivity index (χ1n) is 5.16. The van der Waals surface area contributed by atoms with Gasteiger partial charge in [-0.1, -0.05) is 0 Å². The maximum absolute atomic E-state index is 11.7. The van der Waals surface area contributed by atoms with Crippen molar-refractivity contribution in [3.05, 3.63) is 11.8 Å². The van der Waals surface area contributed by atoms with E-state index < -0.39 is 5.41 Å².